The molecular formula is C24H27FN2O4. The third kappa shape index (κ3) is 4.18. The Balaban J connectivity index is 1.19. The molecule has 2 aliphatic heterocycles. The van der Waals surface area contributed by atoms with Crippen LogP contribution in [0.1, 0.15) is 36.5 Å². The Morgan fingerprint density at radius 1 is 1.26 bits per heavy atom. The van der Waals surface area contributed by atoms with Gasteiger partial charge in [0.25, 0.3) is 0 Å². The van der Waals surface area contributed by atoms with E-state index in [1.54, 1.807) is 12.1 Å². The summed E-state index contributed by atoms with van der Waals surface area (Å²) in [6, 6.07) is 11.8. The van der Waals surface area contributed by atoms with Gasteiger partial charge in [0.05, 0.1) is 11.7 Å². The molecule has 0 unspecified atom stereocenters. The summed E-state index contributed by atoms with van der Waals surface area (Å²) in [5.74, 6) is 0.248. The molecule has 0 aromatic heterocycles. The van der Waals surface area contributed by atoms with Crippen molar-refractivity contribution in [3.05, 3.63) is 59.4 Å². The quantitative estimate of drug-likeness (QED) is 0.685. The molecule has 6 nitrogen and oxygen atoms in total. The van der Waals surface area contributed by atoms with Gasteiger partial charge in [-0.2, -0.15) is 0 Å². The van der Waals surface area contributed by atoms with E-state index in [2.05, 4.69) is 10.2 Å². The van der Waals surface area contributed by atoms with E-state index >= 15 is 0 Å². The standard InChI is InChI=1S/C24H27FN2O4/c25-18-2-1-3-19(10-18)31-20-9-17-12-27(14-24(17,30)11-20)13-22(28)16-4-6-21-15(8-16)5-7-23(29)26-21/h1-4,6,8,10,17,20,22,28,30H,5,7,9,11-14H2,(H,26,29)/t17-,20+,22+,24-/m0/s1. The zero-order valence-electron chi connectivity index (χ0n) is 17.3. The van der Waals surface area contributed by atoms with Gasteiger partial charge in [-0.1, -0.05) is 18.2 Å². The number of hydrogen-bond acceptors (Lipinski definition) is 5. The topological polar surface area (TPSA) is 82.0 Å². The van der Waals surface area contributed by atoms with Crippen molar-refractivity contribution in [2.45, 2.75) is 43.5 Å². The van der Waals surface area contributed by atoms with Crippen LogP contribution in [-0.2, 0) is 11.2 Å². The van der Waals surface area contributed by atoms with Gasteiger partial charge < -0.3 is 20.3 Å². The Bertz CT molecular complexity index is 999. The number of halogens is 1. The largest absolute Gasteiger partial charge is 0.490 e. The molecule has 1 amide bonds. The first-order chi connectivity index (χ1) is 14.9. The van der Waals surface area contributed by atoms with Crippen LogP contribution in [0, 0.1) is 11.7 Å². The van der Waals surface area contributed by atoms with Crippen molar-refractivity contribution in [1.82, 2.24) is 4.90 Å². The maximum atomic E-state index is 13.4. The summed E-state index contributed by atoms with van der Waals surface area (Å²) in [5.41, 5.74) is 1.84. The summed E-state index contributed by atoms with van der Waals surface area (Å²) < 4.78 is 19.3. The predicted molar refractivity (Wildman–Crippen MR) is 113 cm³/mol. The molecule has 3 aliphatic rings. The molecule has 2 heterocycles. The van der Waals surface area contributed by atoms with Crippen LogP contribution >= 0.6 is 0 Å². The zero-order chi connectivity index (χ0) is 21.6. The highest BCUT2D eigenvalue weighted by molar-refractivity contribution is 5.93. The Morgan fingerprint density at radius 2 is 2.13 bits per heavy atom. The number of amides is 1. The predicted octanol–water partition coefficient (Wildman–Crippen LogP) is 2.65. The van der Waals surface area contributed by atoms with E-state index in [1.165, 1.54) is 12.1 Å². The van der Waals surface area contributed by atoms with E-state index in [-0.39, 0.29) is 23.7 Å². The highest BCUT2D eigenvalue weighted by atomic mass is 19.1. The molecule has 164 valence electrons. The van der Waals surface area contributed by atoms with E-state index in [0.29, 0.717) is 51.1 Å². The summed E-state index contributed by atoms with van der Waals surface area (Å²) in [7, 11) is 0. The van der Waals surface area contributed by atoms with Crippen molar-refractivity contribution in [2.75, 3.05) is 25.0 Å². The SMILES string of the molecule is O=C1CCc2cc([C@H](O)CN3C[C@@H]4C[C@@H](Oc5cccc(F)c5)C[C@]4(O)C3)ccc2N1. The number of aryl methyl sites for hydroxylation is 1. The van der Waals surface area contributed by atoms with Gasteiger partial charge >= 0.3 is 0 Å². The fraction of sp³-hybridized carbons (Fsp3) is 0.458. The molecule has 1 saturated heterocycles. The third-order valence-electron chi connectivity index (χ3n) is 6.80. The lowest BCUT2D eigenvalue weighted by atomic mass is 9.95. The minimum Gasteiger partial charge on any atom is -0.490 e. The molecule has 4 atom stereocenters. The van der Waals surface area contributed by atoms with Gasteiger partial charge in [0.1, 0.15) is 17.7 Å². The van der Waals surface area contributed by atoms with Gasteiger partial charge in [0, 0.05) is 50.1 Å². The van der Waals surface area contributed by atoms with Crippen LogP contribution in [0.2, 0.25) is 0 Å². The summed E-state index contributed by atoms with van der Waals surface area (Å²) in [5, 5.41) is 24.8. The van der Waals surface area contributed by atoms with Gasteiger partial charge in [-0.05, 0) is 42.2 Å². The molecule has 5 rings (SSSR count). The number of aliphatic hydroxyl groups excluding tert-OH is 1. The van der Waals surface area contributed by atoms with Crippen molar-refractivity contribution < 1.29 is 24.1 Å². The van der Waals surface area contributed by atoms with Gasteiger partial charge in [-0.3, -0.25) is 9.69 Å². The number of hydrogen-bond donors (Lipinski definition) is 3. The number of carbonyl (C=O) groups is 1. The van der Waals surface area contributed by atoms with Crippen LogP contribution in [-0.4, -0.2) is 52.4 Å². The first-order valence-corrected chi connectivity index (χ1v) is 10.9. The summed E-state index contributed by atoms with van der Waals surface area (Å²) >= 11 is 0. The van der Waals surface area contributed by atoms with Crippen LogP contribution in [0.5, 0.6) is 5.75 Å². The number of nitrogens with one attached hydrogen (secondary N) is 1. The molecule has 0 bridgehead atoms. The number of fused-ring (bicyclic) bond motifs is 2. The normalized spacial score (nSPS) is 28.7. The maximum absolute atomic E-state index is 13.4. The second-order valence-electron chi connectivity index (χ2n) is 9.11. The number of benzene rings is 2. The van der Waals surface area contributed by atoms with Crippen molar-refractivity contribution in [1.29, 1.82) is 0 Å². The molecule has 0 radical (unpaired) electrons. The van der Waals surface area contributed by atoms with Crippen molar-refractivity contribution in [3.63, 3.8) is 0 Å². The number of β-amino-alcohol motifs (C(OH)–C–C–N with tert-alkyl or cyclic N) is 2. The summed E-state index contributed by atoms with van der Waals surface area (Å²) in [4.78, 5) is 13.6. The van der Waals surface area contributed by atoms with Gasteiger partial charge in [-0.25, -0.2) is 4.39 Å². The number of nitrogens with zero attached hydrogens (tertiary/aromatic N) is 1. The Hall–Kier alpha value is -2.48. The number of ether oxygens (including phenoxy) is 1. The first-order valence-electron chi connectivity index (χ1n) is 10.9. The van der Waals surface area contributed by atoms with Crippen LogP contribution in [0.25, 0.3) is 0 Å². The number of rotatable bonds is 5. The molecule has 3 N–H and O–H groups in total. The van der Waals surface area contributed by atoms with Crippen LogP contribution in [0.4, 0.5) is 10.1 Å². The van der Waals surface area contributed by atoms with Gasteiger partial charge in [-0.15, -0.1) is 0 Å². The Labute approximate surface area is 180 Å². The molecule has 2 aromatic carbocycles. The average Bonchev–Trinajstić information content (AvgIpc) is 3.17. The summed E-state index contributed by atoms with van der Waals surface area (Å²) in [6.07, 6.45) is 1.55. The molecule has 0 spiro atoms. The number of likely N-dealkylation sites (tertiary alicyclic amines) is 1. The first kappa shape index (κ1) is 20.4. The zero-order valence-corrected chi connectivity index (χ0v) is 17.3. The fourth-order valence-electron chi connectivity index (χ4n) is 5.30. The maximum Gasteiger partial charge on any atom is 0.224 e. The Morgan fingerprint density at radius 3 is 2.94 bits per heavy atom. The van der Waals surface area contributed by atoms with Crippen LogP contribution in [0.15, 0.2) is 42.5 Å². The van der Waals surface area contributed by atoms with Crippen molar-refractivity contribution in [2.24, 2.45) is 5.92 Å². The molecular weight excluding hydrogens is 399 g/mol. The number of anilines is 1. The second kappa shape index (κ2) is 7.89. The smallest absolute Gasteiger partial charge is 0.224 e. The van der Waals surface area contributed by atoms with E-state index < -0.39 is 11.7 Å². The van der Waals surface area contributed by atoms with Crippen LogP contribution in [0.3, 0.4) is 0 Å². The molecule has 31 heavy (non-hydrogen) atoms. The molecule has 2 fully saturated rings. The minimum atomic E-state index is -0.849. The summed E-state index contributed by atoms with van der Waals surface area (Å²) in [6.45, 7) is 1.62. The Kier molecular flexibility index (Phi) is 5.20. The second-order valence-corrected chi connectivity index (χ2v) is 9.11. The third-order valence-corrected chi connectivity index (χ3v) is 6.80. The lowest BCUT2D eigenvalue weighted by molar-refractivity contribution is -0.116. The highest BCUT2D eigenvalue weighted by Gasteiger charge is 2.52. The van der Waals surface area contributed by atoms with Gasteiger partial charge in [0.2, 0.25) is 5.91 Å². The van der Waals surface area contributed by atoms with Crippen molar-refractivity contribution in [3.8, 4) is 5.75 Å². The van der Waals surface area contributed by atoms with E-state index in [9.17, 15) is 19.4 Å². The number of carbonyl (C=O) groups excluding carboxylic acids is 1. The van der Waals surface area contributed by atoms with E-state index in [4.69, 9.17) is 4.74 Å². The minimum absolute atomic E-state index is 0.0253. The number of aliphatic hydroxyl groups is 2. The fourth-order valence-corrected chi connectivity index (χ4v) is 5.30. The van der Waals surface area contributed by atoms with E-state index in [1.807, 2.05) is 18.2 Å². The lowest BCUT2D eigenvalue weighted by Gasteiger charge is -2.25. The monoisotopic (exact) mass is 426 g/mol. The lowest BCUT2D eigenvalue weighted by Crippen LogP contribution is -2.36. The van der Waals surface area contributed by atoms with E-state index in [0.717, 1.165) is 16.8 Å². The highest BCUT2D eigenvalue weighted by Crippen LogP contribution is 2.43. The average molecular weight is 426 g/mol. The molecule has 7 heteroatoms. The molecule has 1 aliphatic carbocycles. The molecule has 1 saturated carbocycles. The van der Waals surface area contributed by atoms with Gasteiger partial charge in [0.15, 0.2) is 0 Å². The van der Waals surface area contributed by atoms with Crippen molar-refractivity contribution >= 4 is 11.6 Å². The van der Waals surface area contributed by atoms with Crippen LogP contribution < -0.4 is 10.1 Å². The molecule has 2 aromatic rings.